The molecule has 1 aromatic heterocycles. The molecule has 2 aromatic carbocycles. The van der Waals surface area contributed by atoms with E-state index in [2.05, 4.69) is 22.3 Å². The Balaban J connectivity index is 1.64. The lowest BCUT2D eigenvalue weighted by Gasteiger charge is -2.21. The normalized spacial score (nSPS) is 10.8. The van der Waals surface area contributed by atoms with Crippen LogP contribution in [0.3, 0.4) is 0 Å². The standard InChI is InChI=1S/C21H22N2O2S/c1-26-20-11-9-18(10-12-20)22-21(24)16-23(15-19-8-5-13-25-19)14-17-6-3-2-4-7-17/h2-13H,14-16H2,1H3,(H,22,24). The zero-order valence-corrected chi connectivity index (χ0v) is 15.5. The van der Waals surface area contributed by atoms with E-state index in [0.717, 1.165) is 17.0 Å². The first-order valence-corrected chi connectivity index (χ1v) is 9.68. The van der Waals surface area contributed by atoms with Crippen molar-refractivity contribution in [2.45, 2.75) is 18.0 Å². The maximum Gasteiger partial charge on any atom is 0.238 e. The van der Waals surface area contributed by atoms with Crippen LogP contribution in [0.15, 0.2) is 82.3 Å². The minimum Gasteiger partial charge on any atom is -0.468 e. The quantitative estimate of drug-likeness (QED) is 0.590. The molecule has 26 heavy (non-hydrogen) atoms. The maximum absolute atomic E-state index is 12.5. The van der Waals surface area contributed by atoms with Gasteiger partial charge in [0.15, 0.2) is 0 Å². The van der Waals surface area contributed by atoms with Gasteiger partial charge in [-0.3, -0.25) is 9.69 Å². The molecule has 1 N–H and O–H groups in total. The smallest absolute Gasteiger partial charge is 0.238 e. The summed E-state index contributed by atoms with van der Waals surface area (Å²) in [4.78, 5) is 15.7. The topological polar surface area (TPSA) is 45.5 Å². The molecule has 134 valence electrons. The van der Waals surface area contributed by atoms with Crippen molar-refractivity contribution in [1.29, 1.82) is 0 Å². The molecule has 3 aromatic rings. The number of benzene rings is 2. The number of anilines is 1. The van der Waals surface area contributed by atoms with E-state index >= 15 is 0 Å². The van der Waals surface area contributed by atoms with E-state index in [1.165, 1.54) is 4.90 Å². The first-order valence-electron chi connectivity index (χ1n) is 8.45. The van der Waals surface area contributed by atoms with Crippen molar-refractivity contribution < 1.29 is 9.21 Å². The number of hydrogen-bond donors (Lipinski definition) is 1. The van der Waals surface area contributed by atoms with Gasteiger partial charge in [0, 0.05) is 17.1 Å². The first kappa shape index (κ1) is 18.3. The molecule has 0 aliphatic heterocycles. The predicted octanol–water partition coefficient (Wildman–Crippen LogP) is 4.64. The van der Waals surface area contributed by atoms with Crippen molar-refractivity contribution >= 4 is 23.4 Å². The highest BCUT2D eigenvalue weighted by Gasteiger charge is 2.14. The van der Waals surface area contributed by atoms with E-state index < -0.39 is 0 Å². The summed E-state index contributed by atoms with van der Waals surface area (Å²) in [6, 6.07) is 21.8. The second-order valence-corrected chi connectivity index (χ2v) is 6.87. The number of nitrogens with zero attached hydrogens (tertiary/aromatic N) is 1. The number of nitrogens with one attached hydrogen (secondary N) is 1. The largest absolute Gasteiger partial charge is 0.468 e. The lowest BCUT2D eigenvalue weighted by molar-refractivity contribution is -0.117. The number of carbonyl (C=O) groups excluding carboxylic acids is 1. The van der Waals surface area contributed by atoms with E-state index in [-0.39, 0.29) is 5.91 Å². The molecule has 0 saturated carbocycles. The van der Waals surface area contributed by atoms with Crippen molar-refractivity contribution in [2.24, 2.45) is 0 Å². The summed E-state index contributed by atoms with van der Waals surface area (Å²) in [7, 11) is 0. The van der Waals surface area contributed by atoms with Gasteiger partial charge in [-0.25, -0.2) is 0 Å². The molecule has 0 atom stereocenters. The fourth-order valence-electron chi connectivity index (χ4n) is 2.71. The van der Waals surface area contributed by atoms with E-state index in [4.69, 9.17) is 4.42 Å². The lowest BCUT2D eigenvalue weighted by atomic mass is 10.2. The van der Waals surface area contributed by atoms with Gasteiger partial charge in [0.2, 0.25) is 5.91 Å². The average Bonchev–Trinajstić information content (AvgIpc) is 3.16. The summed E-state index contributed by atoms with van der Waals surface area (Å²) in [5.41, 5.74) is 1.97. The molecular formula is C21H22N2O2S. The SMILES string of the molecule is CSc1ccc(NC(=O)CN(Cc2ccccc2)Cc2ccco2)cc1. The molecular weight excluding hydrogens is 344 g/mol. The van der Waals surface area contributed by atoms with Crippen LogP contribution in [0.2, 0.25) is 0 Å². The van der Waals surface area contributed by atoms with E-state index in [1.807, 2.05) is 60.9 Å². The third-order valence-corrected chi connectivity index (χ3v) is 4.69. The molecule has 0 aliphatic rings. The van der Waals surface area contributed by atoms with Crippen LogP contribution in [0.1, 0.15) is 11.3 Å². The van der Waals surface area contributed by atoms with Crippen LogP contribution < -0.4 is 5.32 Å². The van der Waals surface area contributed by atoms with Gasteiger partial charge in [-0.2, -0.15) is 0 Å². The number of amides is 1. The summed E-state index contributed by atoms with van der Waals surface area (Å²) >= 11 is 1.68. The Bertz CT molecular complexity index is 802. The van der Waals surface area contributed by atoms with E-state index in [9.17, 15) is 4.79 Å². The van der Waals surface area contributed by atoms with E-state index in [0.29, 0.717) is 19.6 Å². The van der Waals surface area contributed by atoms with Gasteiger partial charge < -0.3 is 9.73 Å². The van der Waals surface area contributed by atoms with Gasteiger partial charge in [-0.1, -0.05) is 30.3 Å². The molecule has 0 fully saturated rings. The Labute approximate surface area is 158 Å². The maximum atomic E-state index is 12.5. The Morgan fingerprint density at radius 1 is 1.00 bits per heavy atom. The molecule has 0 bridgehead atoms. The number of furan rings is 1. The van der Waals surface area contributed by atoms with Crippen LogP contribution in [-0.2, 0) is 17.9 Å². The second-order valence-electron chi connectivity index (χ2n) is 5.99. The van der Waals surface area contributed by atoms with Gasteiger partial charge >= 0.3 is 0 Å². The van der Waals surface area contributed by atoms with Gasteiger partial charge in [-0.15, -0.1) is 11.8 Å². The summed E-state index contributed by atoms with van der Waals surface area (Å²) in [6.07, 6.45) is 3.69. The monoisotopic (exact) mass is 366 g/mol. The van der Waals surface area contributed by atoms with Gasteiger partial charge in [0.05, 0.1) is 19.4 Å². The highest BCUT2D eigenvalue weighted by atomic mass is 32.2. The highest BCUT2D eigenvalue weighted by molar-refractivity contribution is 7.98. The first-order chi connectivity index (χ1) is 12.7. The summed E-state index contributed by atoms with van der Waals surface area (Å²) in [5.74, 6) is 0.808. The van der Waals surface area contributed by atoms with Crippen molar-refractivity contribution in [2.75, 3.05) is 18.1 Å². The fraction of sp³-hybridized carbons (Fsp3) is 0.190. The van der Waals surface area contributed by atoms with Gasteiger partial charge in [-0.05, 0) is 48.2 Å². The Morgan fingerprint density at radius 2 is 1.77 bits per heavy atom. The lowest BCUT2D eigenvalue weighted by Crippen LogP contribution is -2.32. The summed E-state index contributed by atoms with van der Waals surface area (Å²) in [6.45, 7) is 1.56. The molecule has 1 heterocycles. The third-order valence-electron chi connectivity index (χ3n) is 3.95. The van der Waals surface area contributed by atoms with Crippen LogP contribution in [0.25, 0.3) is 0 Å². The molecule has 0 aliphatic carbocycles. The Morgan fingerprint density at radius 3 is 2.42 bits per heavy atom. The zero-order chi connectivity index (χ0) is 18.2. The zero-order valence-electron chi connectivity index (χ0n) is 14.7. The molecule has 5 heteroatoms. The molecule has 0 radical (unpaired) electrons. The number of thioether (sulfide) groups is 1. The fourth-order valence-corrected chi connectivity index (χ4v) is 3.12. The van der Waals surface area contributed by atoms with E-state index in [1.54, 1.807) is 18.0 Å². The summed E-state index contributed by atoms with van der Waals surface area (Å²) < 4.78 is 5.45. The molecule has 0 saturated heterocycles. The third kappa shape index (κ3) is 5.51. The average molecular weight is 366 g/mol. The van der Waals surface area contributed by atoms with Gasteiger partial charge in [0.1, 0.15) is 5.76 Å². The van der Waals surface area contributed by atoms with Crippen molar-refractivity contribution in [3.8, 4) is 0 Å². The van der Waals surface area contributed by atoms with Crippen molar-refractivity contribution in [3.05, 3.63) is 84.3 Å². The molecule has 0 spiro atoms. The minimum absolute atomic E-state index is 0.0376. The predicted molar refractivity (Wildman–Crippen MR) is 106 cm³/mol. The number of hydrogen-bond acceptors (Lipinski definition) is 4. The van der Waals surface area contributed by atoms with Crippen molar-refractivity contribution in [1.82, 2.24) is 4.90 Å². The molecule has 3 rings (SSSR count). The van der Waals surface area contributed by atoms with Crippen LogP contribution in [0.4, 0.5) is 5.69 Å². The Hall–Kier alpha value is -2.50. The summed E-state index contributed by atoms with van der Waals surface area (Å²) in [5, 5.41) is 2.97. The molecule has 1 amide bonds. The number of rotatable bonds is 8. The van der Waals surface area contributed by atoms with Crippen molar-refractivity contribution in [3.63, 3.8) is 0 Å². The van der Waals surface area contributed by atoms with Gasteiger partial charge in [0.25, 0.3) is 0 Å². The number of carbonyl (C=O) groups is 1. The minimum atomic E-state index is -0.0376. The highest BCUT2D eigenvalue weighted by Crippen LogP contribution is 2.17. The van der Waals surface area contributed by atoms with Crippen LogP contribution in [0, 0.1) is 0 Å². The second kappa shape index (κ2) is 9.27. The molecule has 4 nitrogen and oxygen atoms in total. The molecule has 0 unspecified atom stereocenters. The Kier molecular flexibility index (Phi) is 6.52. The van der Waals surface area contributed by atoms with Crippen LogP contribution in [0.5, 0.6) is 0 Å². The van der Waals surface area contributed by atoms with Crippen LogP contribution in [-0.4, -0.2) is 23.6 Å². The van der Waals surface area contributed by atoms with Crippen LogP contribution >= 0.6 is 11.8 Å².